The van der Waals surface area contributed by atoms with Gasteiger partial charge in [0.2, 0.25) is 5.91 Å². The molecule has 0 aromatic heterocycles. The Hall–Kier alpha value is -3.02. The molecule has 120 valence electrons. The number of ether oxygens (including phenoxy) is 1. The zero-order valence-electron chi connectivity index (χ0n) is 12.8. The molecule has 0 saturated heterocycles. The van der Waals surface area contributed by atoms with E-state index in [1.54, 1.807) is 31.4 Å². The monoisotopic (exact) mass is 313 g/mol. The van der Waals surface area contributed by atoms with Gasteiger partial charge in [0.1, 0.15) is 11.8 Å². The van der Waals surface area contributed by atoms with E-state index in [0.29, 0.717) is 17.9 Å². The molecule has 4 N–H and O–H groups in total. The molecule has 23 heavy (non-hydrogen) atoms. The number of amides is 3. The predicted molar refractivity (Wildman–Crippen MR) is 88.3 cm³/mol. The highest BCUT2D eigenvalue weighted by molar-refractivity contribution is 5.97. The van der Waals surface area contributed by atoms with Crippen LogP contribution in [0.15, 0.2) is 54.6 Å². The standard InChI is InChI=1S/C17H19N3O3/c1-23-14-9-7-13(8-10-14)19-16(21)15(20-17(18)22)11-12-5-3-2-4-6-12/h2-10,15H,11H2,1H3,(H,19,21)(H3,18,20,22)/t15-/m1/s1. The third-order valence-electron chi connectivity index (χ3n) is 3.27. The SMILES string of the molecule is COc1ccc(NC(=O)[C@@H](Cc2ccccc2)NC(N)=O)cc1. The fraction of sp³-hybridized carbons (Fsp3) is 0.176. The van der Waals surface area contributed by atoms with E-state index in [4.69, 9.17) is 10.5 Å². The second kappa shape index (κ2) is 7.84. The molecule has 0 spiro atoms. The third-order valence-corrected chi connectivity index (χ3v) is 3.27. The quantitative estimate of drug-likeness (QED) is 0.760. The first-order valence-electron chi connectivity index (χ1n) is 7.13. The molecule has 6 heteroatoms. The van der Waals surface area contributed by atoms with Crippen LogP contribution in [0, 0.1) is 0 Å². The molecule has 0 unspecified atom stereocenters. The number of carbonyl (C=O) groups is 2. The molecule has 2 aromatic carbocycles. The van der Waals surface area contributed by atoms with Crippen molar-refractivity contribution >= 4 is 17.6 Å². The van der Waals surface area contributed by atoms with Crippen molar-refractivity contribution in [2.75, 3.05) is 12.4 Å². The Labute approximate surface area is 134 Å². The molecule has 0 aliphatic rings. The first kappa shape index (κ1) is 16.4. The number of hydrogen-bond acceptors (Lipinski definition) is 3. The maximum Gasteiger partial charge on any atom is 0.312 e. The maximum atomic E-state index is 12.4. The summed E-state index contributed by atoms with van der Waals surface area (Å²) in [4.78, 5) is 23.5. The van der Waals surface area contributed by atoms with Crippen LogP contribution in [0.1, 0.15) is 5.56 Å². The summed E-state index contributed by atoms with van der Waals surface area (Å²) < 4.78 is 5.07. The van der Waals surface area contributed by atoms with Crippen molar-refractivity contribution in [2.45, 2.75) is 12.5 Å². The van der Waals surface area contributed by atoms with Gasteiger partial charge in [-0.15, -0.1) is 0 Å². The summed E-state index contributed by atoms with van der Waals surface area (Å²) in [5.74, 6) is 0.358. The molecule has 0 fully saturated rings. The number of nitrogens with one attached hydrogen (secondary N) is 2. The van der Waals surface area contributed by atoms with E-state index in [9.17, 15) is 9.59 Å². The maximum absolute atomic E-state index is 12.4. The highest BCUT2D eigenvalue weighted by Gasteiger charge is 2.20. The highest BCUT2D eigenvalue weighted by Crippen LogP contribution is 2.15. The summed E-state index contributed by atoms with van der Waals surface area (Å²) in [5.41, 5.74) is 6.71. The normalized spacial score (nSPS) is 11.3. The Bertz CT molecular complexity index is 657. The van der Waals surface area contributed by atoms with Crippen LogP contribution in [-0.4, -0.2) is 25.1 Å². The molecule has 0 heterocycles. The molecule has 0 bridgehead atoms. The minimum absolute atomic E-state index is 0.335. The summed E-state index contributed by atoms with van der Waals surface area (Å²) in [7, 11) is 1.57. The van der Waals surface area contributed by atoms with Gasteiger partial charge in [0, 0.05) is 12.1 Å². The van der Waals surface area contributed by atoms with E-state index in [2.05, 4.69) is 10.6 Å². The summed E-state index contributed by atoms with van der Waals surface area (Å²) in [6.07, 6.45) is 0.353. The molecule has 6 nitrogen and oxygen atoms in total. The van der Waals surface area contributed by atoms with Crippen molar-refractivity contribution in [3.63, 3.8) is 0 Å². The lowest BCUT2D eigenvalue weighted by Gasteiger charge is -2.17. The number of rotatable bonds is 6. The van der Waals surface area contributed by atoms with E-state index in [-0.39, 0.29) is 5.91 Å². The Kier molecular flexibility index (Phi) is 5.57. The van der Waals surface area contributed by atoms with Crippen molar-refractivity contribution in [1.82, 2.24) is 5.32 Å². The number of hydrogen-bond donors (Lipinski definition) is 3. The zero-order chi connectivity index (χ0) is 16.7. The molecule has 0 aliphatic carbocycles. The summed E-state index contributed by atoms with van der Waals surface area (Å²) in [5, 5.41) is 5.23. The van der Waals surface area contributed by atoms with Crippen molar-refractivity contribution in [3.05, 3.63) is 60.2 Å². The van der Waals surface area contributed by atoms with Crippen molar-refractivity contribution in [1.29, 1.82) is 0 Å². The van der Waals surface area contributed by atoms with Crippen LogP contribution < -0.4 is 21.1 Å². The van der Waals surface area contributed by atoms with Gasteiger partial charge in [0.15, 0.2) is 0 Å². The lowest BCUT2D eigenvalue weighted by Crippen LogP contribution is -2.47. The molecular weight excluding hydrogens is 294 g/mol. The number of anilines is 1. The lowest BCUT2D eigenvalue weighted by atomic mass is 10.1. The fourth-order valence-corrected chi connectivity index (χ4v) is 2.13. The molecule has 0 aliphatic heterocycles. The first-order chi connectivity index (χ1) is 11.1. The number of methoxy groups -OCH3 is 1. The van der Waals surface area contributed by atoms with E-state index in [1.807, 2.05) is 30.3 Å². The number of urea groups is 1. The summed E-state index contributed by atoms with van der Waals surface area (Å²) in [6.45, 7) is 0. The fourth-order valence-electron chi connectivity index (χ4n) is 2.13. The predicted octanol–water partition coefficient (Wildman–Crippen LogP) is 1.91. The molecule has 0 radical (unpaired) electrons. The molecule has 3 amide bonds. The number of nitrogens with two attached hydrogens (primary N) is 1. The van der Waals surface area contributed by atoms with E-state index in [1.165, 1.54) is 0 Å². The van der Waals surface area contributed by atoms with Gasteiger partial charge in [-0.2, -0.15) is 0 Å². The summed E-state index contributed by atoms with van der Waals surface area (Å²) in [6, 6.07) is 14.8. The van der Waals surface area contributed by atoms with Crippen LogP contribution in [0.2, 0.25) is 0 Å². The van der Waals surface area contributed by atoms with E-state index < -0.39 is 12.1 Å². The topological polar surface area (TPSA) is 93.4 Å². The van der Waals surface area contributed by atoms with Crippen molar-refractivity contribution in [2.24, 2.45) is 5.73 Å². The van der Waals surface area contributed by atoms with Gasteiger partial charge < -0.3 is 21.1 Å². The van der Waals surface area contributed by atoms with Gasteiger partial charge in [0.05, 0.1) is 7.11 Å². The van der Waals surface area contributed by atoms with E-state index >= 15 is 0 Å². The second-order valence-electron chi connectivity index (χ2n) is 4.97. The Morgan fingerprint density at radius 1 is 1.09 bits per heavy atom. The zero-order valence-corrected chi connectivity index (χ0v) is 12.8. The van der Waals surface area contributed by atoms with E-state index in [0.717, 1.165) is 5.56 Å². The van der Waals surface area contributed by atoms with Gasteiger partial charge in [-0.1, -0.05) is 30.3 Å². The molecule has 2 rings (SSSR count). The van der Waals surface area contributed by atoms with Gasteiger partial charge >= 0.3 is 6.03 Å². The first-order valence-corrected chi connectivity index (χ1v) is 7.13. The van der Waals surface area contributed by atoms with Crippen LogP contribution in [0.3, 0.4) is 0 Å². The Balaban J connectivity index is 2.07. The second-order valence-corrected chi connectivity index (χ2v) is 4.97. The lowest BCUT2D eigenvalue weighted by molar-refractivity contribution is -0.117. The highest BCUT2D eigenvalue weighted by atomic mass is 16.5. The van der Waals surface area contributed by atoms with Gasteiger partial charge in [-0.05, 0) is 29.8 Å². The van der Waals surface area contributed by atoms with Crippen LogP contribution >= 0.6 is 0 Å². The minimum atomic E-state index is -0.753. The van der Waals surface area contributed by atoms with Crippen molar-refractivity contribution < 1.29 is 14.3 Å². The van der Waals surface area contributed by atoms with Crippen LogP contribution in [0.25, 0.3) is 0 Å². The van der Waals surface area contributed by atoms with Gasteiger partial charge in [-0.3, -0.25) is 4.79 Å². The van der Waals surface area contributed by atoms with Crippen molar-refractivity contribution in [3.8, 4) is 5.75 Å². The molecule has 2 aromatic rings. The van der Waals surface area contributed by atoms with Crippen LogP contribution in [0.4, 0.5) is 10.5 Å². The Morgan fingerprint density at radius 2 is 1.74 bits per heavy atom. The molecule has 1 atom stereocenters. The minimum Gasteiger partial charge on any atom is -0.497 e. The van der Waals surface area contributed by atoms with Gasteiger partial charge in [-0.25, -0.2) is 4.79 Å². The Morgan fingerprint density at radius 3 is 2.30 bits per heavy atom. The van der Waals surface area contributed by atoms with Gasteiger partial charge in [0.25, 0.3) is 0 Å². The average molecular weight is 313 g/mol. The number of carbonyl (C=O) groups excluding carboxylic acids is 2. The van der Waals surface area contributed by atoms with Crippen LogP contribution in [0.5, 0.6) is 5.75 Å². The number of primary amides is 1. The number of benzene rings is 2. The van der Waals surface area contributed by atoms with Crippen LogP contribution in [-0.2, 0) is 11.2 Å². The summed E-state index contributed by atoms with van der Waals surface area (Å²) >= 11 is 0. The smallest absolute Gasteiger partial charge is 0.312 e. The largest absolute Gasteiger partial charge is 0.497 e. The molecular formula is C17H19N3O3. The third kappa shape index (κ3) is 5.03. The molecule has 0 saturated carbocycles. The average Bonchev–Trinajstić information content (AvgIpc) is 2.55.